The molecule has 1 aromatic heterocycles. The molecule has 8 heteroatoms. The molecule has 0 saturated carbocycles. The first kappa shape index (κ1) is 28.2. The summed E-state index contributed by atoms with van der Waals surface area (Å²) in [4.78, 5) is 13.2. The number of rotatable bonds is 9. The fourth-order valence-electron chi connectivity index (χ4n) is 4.72. The zero-order chi connectivity index (χ0) is 28.0. The minimum absolute atomic E-state index is 0.236. The molecule has 2 aromatic carbocycles. The van der Waals surface area contributed by atoms with Crippen LogP contribution in [0.2, 0.25) is 0 Å². The molecule has 0 radical (unpaired) electrons. The van der Waals surface area contributed by atoms with Gasteiger partial charge in [0, 0.05) is 35.7 Å². The van der Waals surface area contributed by atoms with Gasteiger partial charge in [0.25, 0.3) is 6.43 Å². The molecular weight excluding hydrogens is 499 g/mol. The van der Waals surface area contributed by atoms with Gasteiger partial charge < -0.3 is 9.80 Å². The Morgan fingerprint density at radius 3 is 2.56 bits per heavy atom. The zero-order valence-corrected chi connectivity index (χ0v) is 22.9. The van der Waals surface area contributed by atoms with E-state index in [9.17, 15) is 13.2 Å². The minimum atomic E-state index is -2.63. The molecule has 1 aliphatic rings. The van der Waals surface area contributed by atoms with E-state index < -0.39 is 6.43 Å². The van der Waals surface area contributed by atoms with Crippen LogP contribution in [-0.4, -0.2) is 60.8 Å². The number of likely N-dealkylation sites (N-methyl/N-ethyl adjacent to an activating group) is 1. The summed E-state index contributed by atoms with van der Waals surface area (Å²) < 4.78 is 41.0. The van der Waals surface area contributed by atoms with Crippen LogP contribution >= 0.6 is 0 Å². The molecule has 2 heterocycles. The van der Waals surface area contributed by atoms with Gasteiger partial charge in [0.1, 0.15) is 30.2 Å². The van der Waals surface area contributed by atoms with Crippen LogP contribution in [0.4, 0.5) is 19.0 Å². The number of allylic oxidation sites excluding steroid dienone is 3. The number of benzene rings is 2. The van der Waals surface area contributed by atoms with E-state index >= 15 is 0 Å². The van der Waals surface area contributed by atoms with E-state index in [1.54, 1.807) is 19.1 Å². The molecule has 0 amide bonds. The molecule has 0 saturated heterocycles. The van der Waals surface area contributed by atoms with Gasteiger partial charge in [-0.05, 0) is 54.3 Å². The van der Waals surface area contributed by atoms with Gasteiger partial charge in [-0.1, -0.05) is 37.3 Å². The van der Waals surface area contributed by atoms with Crippen LogP contribution in [-0.2, 0) is 0 Å². The quantitative estimate of drug-likeness (QED) is 0.232. The summed E-state index contributed by atoms with van der Waals surface area (Å²) in [5.74, 6) is 0.338. The number of aliphatic imine (C=N–C) groups is 1. The average Bonchev–Trinajstić information content (AvgIpc) is 2.91. The molecule has 5 nitrogen and oxygen atoms in total. The Labute approximate surface area is 228 Å². The van der Waals surface area contributed by atoms with Gasteiger partial charge in [0.2, 0.25) is 0 Å². The fourth-order valence-corrected chi connectivity index (χ4v) is 4.72. The van der Waals surface area contributed by atoms with Crippen molar-refractivity contribution < 1.29 is 17.7 Å². The van der Waals surface area contributed by atoms with Crippen LogP contribution < -0.4 is 5.32 Å². The predicted octanol–water partition coefficient (Wildman–Crippen LogP) is 7.29. The van der Waals surface area contributed by atoms with Crippen molar-refractivity contribution in [2.45, 2.75) is 33.1 Å². The molecular formula is C31H35F3N5+. The van der Waals surface area contributed by atoms with Crippen molar-refractivity contribution >= 4 is 28.5 Å². The number of nitrogens with one attached hydrogen (secondary N) is 1. The number of hydrogen-bond donors (Lipinski definition) is 1. The molecule has 4 rings (SSSR count). The normalized spacial score (nSPS) is 16.3. The van der Waals surface area contributed by atoms with Crippen LogP contribution in [0.1, 0.15) is 32.3 Å². The first-order chi connectivity index (χ1) is 18.7. The van der Waals surface area contributed by atoms with Crippen molar-refractivity contribution in [3.63, 3.8) is 0 Å². The molecule has 39 heavy (non-hydrogen) atoms. The van der Waals surface area contributed by atoms with E-state index in [1.165, 1.54) is 36.3 Å². The largest absolute Gasteiger partial charge is 0.365 e. The summed E-state index contributed by atoms with van der Waals surface area (Å²) in [6.45, 7) is 5.92. The van der Waals surface area contributed by atoms with Crippen molar-refractivity contribution in [1.82, 2.24) is 9.97 Å². The van der Waals surface area contributed by atoms with Crippen LogP contribution in [0.15, 0.2) is 77.2 Å². The summed E-state index contributed by atoms with van der Waals surface area (Å²) in [6, 6.07) is 10.6. The summed E-state index contributed by atoms with van der Waals surface area (Å²) in [5, 5.41) is 4.19. The molecule has 0 spiro atoms. The zero-order valence-electron chi connectivity index (χ0n) is 22.9. The van der Waals surface area contributed by atoms with Crippen molar-refractivity contribution in [1.29, 1.82) is 0 Å². The van der Waals surface area contributed by atoms with E-state index in [0.29, 0.717) is 18.8 Å². The standard InChI is InChI=1S/C31H35F3N5/c1-5-8-28(30(33)34)35-17-21(6-2)18-36-31-27-16-24(22-10-12-25(32)13-11-22)15-26(29(27)37-20-38-31)23-9-7-14-39(3,4)19-23/h6,8-13,15-17,20,30H,5,7,14,18-19H2,1-4H3,(H,36,37,38)/q+1/b21-6+,28-8+,35-17+. The van der Waals surface area contributed by atoms with Crippen LogP contribution in [0.5, 0.6) is 0 Å². The number of nitrogens with zero attached hydrogens (tertiary/aromatic N) is 4. The lowest BCUT2D eigenvalue weighted by Crippen LogP contribution is -2.43. The molecule has 204 valence electrons. The van der Waals surface area contributed by atoms with E-state index in [1.807, 2.05) is 19.1 Å². The molecule has 0 atom stereocenters. The maximum absolute atomic E-state index is 13.7. The number of fused-ring (bicyclic) bond motifs is 1. The second-order valence-corrected chi connectivity index (χ2v) is 10.3. The third kappa shape index (κ3) is 7.00. The molecule has 1 N–H and O–H groups in total. The Morgan fingerprint density at radius 1 is 1.13 bits per heavy atom. The molecule has 0 bridgehead atoms. The van der Waals surface area contributed by atoms with Gasteiger partial charge in [-0.25, -0.2) is 23.1 Å². The predicted molar refractivity (Wildman–Crippen MR) is 154 cm³/mol. The number of halogens is 3. The van der Waals surface area contributed by atoms with Crippen LogP contribution in [0.3, 0.4) is 0 Å². The topological polar surface area (TPSA) is 50.2 Å². The molecule has 1 aliphatic heterocycles. The van der Waals surface area contributed by atoms with Gasteiger partial charge in [0.15, 0.2) is 0 Å². The van der Waals surface area contributed by atoms with E-state index in [-0.39, 0.29) is 11.5 Å². The van der Waals surface area contributed by atoms with Crippen LogP contribution in [0, 0.1) is 5.82 Å². The Balaban J connectivity index is 1.74. The van der Waals surface area contributed by atoms with Gasteiger partial charge in [-0.3, -0.25) is 4.99 Å². The SMILES string of the molecule is C\C=C(/C=N/C(=C/CC)C(F)F)CNc1ncnc2c(C3=CCC[N+](C)(C)C3)cc(-c3ccc(F)cc3)cc12. The summed E-state index contributed by atoms with van der Waals surface area (Å²) in [6.07, 6.45) is 7.37. The first-order valence-electron chi connectivity index (χ1n) is 13.2. The highest BCUT2D eigenvalue weighted by atomic mass is 19.3. The number of anilines is 1. The lowest BCUT2D eigenvalue weighted by molar-refractivity contribution is -0.883. The Hall–Kier alpha value is -3.78. The highest BCUT2D eigenvalue weighted by molar-refractivity contribution is 6.00. The van der Waals surface area contributed by atoms with Crippen molar-refractivity contribution in [2.75, 3.05) is 39.0 Å². The molecule has 0 aliphatic carbocycles. The Bertz CT molecular complexity index is 1440. The lowest BCUT2D eigenvalue weighted by Gasteiger charge is -2.34. The maximum Gasteiger partial charge on any atom is 0.280 e. The number of quaternary nitrogens is 1. The number of aromatic nitrogens is 2. The Kier molecular flexibility index (Phi) is 8.97. The second kappa shape index (κ2) is 12.4. The van der Waals surface area contributed by atoms with E-state index in [0.717, 1.165) is 57.2 Å². The third-order valence-electron chi connectivity index (χ3n) is 6.83. The fraction of sp³-hybridized carbons (Fsp3) is 0.323. The first-order valence-corrected chi connectivity index (χ1v) is 13.2. The highest BCUT2D eigenvalue weighted by Gasteiger charge is 2.24. The van der Waals surface area contributed by atoms with Crippen molar-refractivity contribution in [2.24, 2.45) is 4.99 Å². The minimum Gasteiger partial charge on any atom is -0.365 e. The molecule has 0 fully saturated rings. The smallest absolute Gasteiger partial charge is 0.280 e. The average molecular weight is 535 g/mol. The maximum atomic E-state index is 13.7. The van der Waals surface area contributed by atoms with E-state index in [2.05, 4.69) is 46.5 Å². The summed E-state index contributed by atoms with van der Waals surface area (Å²) in [7, 11) is 4.44. The van der Waals surface area contributed by atoms with Gasteiger partial charge >= 0.3 is 0 Å². The Morgan fingerprint density at radius 2 is 1.90 bits per heavy atom. The van der Waals surface area contributed by atoms with Gasteiger partial charge in [0.05, 0.1) is 26.2 Å². The monoisotopic (exact) mass is 534 g/mol. The van der Waals surface area contributed by atoms with Gasteiger partial charge in [-0.15, -0.1) is 0 Å². The summed E-state index contributed by atoms with van der Waals surface area (Å²) >= 11 is 0. The van der Waals surface area contributed by atoms with Crippen molar-refractivity contribution in [3.05, 3.63) is 83.6 Å². The highest BCUT2D eigenvalue weighted by Crippen LogP contribution is 2.35. The number of hydrogen-bond acceptors (Lipinski definition) is 4. The van der Waals surface area contributed by atoms with Gasteiger partial charge in [-0.2, -0.15) is 0 Å². The van der Waals surface area contributed by atoms with Crippen LogP contribution in [0.25, 0.3) is 27.6 Å². The molecule has 0 unspecified atom stereocenters. The second-order valence-electron chi connectivity index (χ2n) is 10.3. The lowest BCUT2D eigenvalue weighted by atomic mass is 9.93. The third-order valence-corrected chi connectivity index (χ3v) is 6.83. The molecule has 3 aromatic rings. The van der Waals surface area contributed by atoms with E-state index in [4.69, 9.17) is 0 Å². The summed E-state index contributed by atoms with van der Waals surface area (Å²) in [5.41, 5.74) is 5.41. The van der Waals surface area contributed by atoms with Crippen molar-refractivity contribution in [3.8, 4) is 11.1 Å². The number of alkyl halides is 2.